The number of hydrogen-bond acceptors (Lipinski definition) is 3. The van der Waals surface area contributed by atoms with Crippen LogP contribution in [0.2, 0.25) is 0 Å². The molecule has 6 heteroatoms. The number of pyridine rings is 1. The van der Waals surface area contributed by atoms with Crippen LogP contribution in [0.3, 0.4) is 0 Å². The zero-order valence-corrected chi connectivity index (χ0v) is 15.7. The minimum Gasteiger partial charge on any atom is -0.383 e. The quantitative estimate of drug-likeness (QED) is 0.561. The molecule has 2 N–H and O–H groups in total. The SMILES string of the molecule is CCNC(=NCc1ccc(Cn2ccccc2=O)cc1)NC(C)COC. The fourth-order valence-corrected chi connectivity index (χ4v) is 2.55. The van der Waals surface area contributed by atoms with Gasteiger partial charge in [0, 0.05) is 32.0 Å². The van der Waals surface area contributed by atoms with Gasteiger partial charge in [-0.1, -0.05) is 30.3 Å². The van der Waals surface area contributed by atoms with Crippen LogP contribution in [-0.2, 0) is 17.8 Å². The fraction of sp³-hybridized carbons (Fsp3) is 0.400. The Kier molecular flexibility index (Phi) is 7.89. The normalized spacial score (nSPS) is 12.7. The van der Waals surface area contributed by atoms with Crippen molar-refractivity contribution in [3.8, 4) is 0 Å². The number of ether oxygens (including phenoxy) is 1. The molecule has 0 aliphatic heterocycles. The summed E-state index contributed by atoms with van der Waals surface area (Å²) in [5.41, 5.74) is 2.21. The number of guanidine groups is 1. The van der Waals surface area contributed by atoms with Crippen LogP contribution in [0.25, 0.3) is 0 Å². The van der Waals surface area contributed by atoms with Gasteiger partial charge in [-0.05, 0) is 31.0 Å². The molecule has 0 aliphatic rings. The van der Waals surface area contributed by atoms with Crippen LogP contribution in [0, 0.1) is 0 Å². The van der Waals surface area contributed by atoms with E-state index in [1.54, 1.807) is 30.0 Å². The second-order valence-corrected chi connectivity index (χ2v) is 6.18. The summed E-state index contributed by atoms with van der Waals surface area (Å²) in [5.74, 6) is 0.775. The maximum Gasteiger partial charge on any atom is 0.250 e. The Labute approximate surface area is 154 Å². The minimum absolute atomic E-state index is 0.00714. The minimum atomic E-state index is 0.00714. The first-order valence-corrected chi connectivity index (χ1v) is 8.89. The van der Waals surface area contributed by atoms with Gasteiger partial charge in [0.2, 0.25) is 0 Å². The maximum atomic E-state index is 11.8. The molecular weight excluding hydrogens is 328 g/mol. The number of nitrogens with zero attached hydrogens (tertiary/aromatic N) is 2. The number of aromatic nitrogens is 1. The van der Waals surface area contributed by atoms with Crippen molar-refractivity contribution < 1.29 is 4.74 Å². The maximum absolute atomic E-state index is 11.8. The van der Waals surface area contributed by atoms with E-state index in [1.165, 1.54) is 0 Å². The van der Waals surface area contributed by atoms with E-state index in [2.05, 4.69) is 34.7 Å². The van der Waals surface area contributed by atoms with E-state index in [-0.39, 0.29) is 11.6 Å². The Morgan fingerprint density at radius 3 is 2.58 bits per heavy atom. The molecule has 0 spiro atoms. The molecule has 2 rings (SSSR count). The standard InChI is InChI=1S/C20H28N4O2/c1-4-21-20(23-16(2)15-26-3)22-13-17-8-10-18(11-9-17)14-24-12-6-5-7-19(24)25/h5-12,16H,4,13-15H2,1-3H3,(H2,21,22,23). The van der Waals surface area contributed by atoms with Crippen molar-refractivity contribution >= 4 is 5.96 Å². The molecule has 1 unspecified atom stereocenters. The average Bonchev–Trinajstić information content (AvgIpc) is 2.63. The van der Waals surface area contributed by atoms with E-state index in [9.17, 15) is 4.79 Å². The number of hydrogen-bond donors (Lipinski definition) is 2. The predicted octanol–water partition coefficient (Wildman–Crippen LogP) is 1.99. The van der Waals surface area contributed by atoms with Crippen LogP contribution >= 0.6 is 0 Å². The number of methoxy groups -OCH3 is 1. The third kappa shape index (κ3) is 6.37. The Morgan fingerprint density at radius 1 is 1.19 bits per heavy atom. The molecule has 0 bridgehead atoms. The number of aliphatic imine (C=N–C) groups is 1. The van der Waals surface area contributed by atoms with Crippen molar-refractivity contribution in [1.29, 1.82) is 0 Å². The first-order chi connectivity index (χ1) is 12.6. The molecule has 140 valence electrons. The first-order valence-electron chi connectivity index (χ1n) is 8.89. The molecule has 1 aromatic carbocycles. The second-order valence-electron chi connectivity index (χ2n) is 6.18. The molecule has 1 atom stereocenters. The van der Waals surface area contributed by atoms with E-state index >= 15 is 0 Å². The monoisotopic (exact) mass is 356 g/mol. The molecule has 2 aromatic rings. The smallest absolute Gasteiger partial charge is 0.250 e. The van der Waals surface area contributed by atoms with Gasteiger partial charge >= 0.3 is 0 Å². The topological polar surface area (TPSA) is 67.7 Å². The zero-order chi connectivity index (χ0) is 18.8. The molecule has 0 saturated carbocycles. The lowest BCUT2D eigenvalue weighted by Crippen LogP contribution is -2.43. The van der Waals surface area contributed by atoms with Crippen LogP contribution in [0.4, 0.5) is 0 Å². The van der Waals surface area contributed by atoms with Gasteiger partial charge in [-0.15, -0.1) is 0 Å². The van der Waals surface area contributed by atoms with Crippen molar-refractivity contribution in [3.63, 3.8) is 0 Å². The van der Waals surface area contributed by atoms with Gasteiger partial charge in [0.15, 0.2) is 5.96 Å². The summed E-state index contributed by atoms with van der Waals surface area (Å²) in [6.45, 7) is 6.67. The summed E-state index contributed by atoms with van der Waals surface area (Å²) in [7, 11) is 1.69. The summed E-state index contributed by atoms with van der Waals surface area (Å²) >= 11 is 0. The Balaban J connectivity index is 1.98. The molecule has 1 heterocycles. The van der Waals surface area contributed by atoms with E-state index < -0.39 is 0 Å². The lowest BCUT2D eigenvalue weighted by atomic mass is 10.1. The molecular formula is C20H28N4O2. The highest BCUT2D eigenvalue weighted by molar-refractivity contribution is 5.80. The summed E-state index contributed by atoms with van der Waals surface area (Å²) < 4.78 is 6.84. The van der Waals surface area contributed by atoms with E-state index in [1.807, 2.05) is 25.1 Å². The van der Waals surface area contributed by atoms with Crippen LogP contribution < -0.4 is 16.2 Å². The highest BCUT2D eigenvalue weighted by Crippen LogP contribution is 2.07. The summed E-state index contributed by atoms with van der Waals surface area (Å²) in [6.07, 6.45) is 1.80. The van der Waals surface area contributed by atoms with Crippen LogP contribution in [0.5, 0.6) is 0 Å². The molecule has 0 saturated heterocycles. The van der Waals surface area contributed by atoms with Crippen molar-refractivity contribution in [2.45, 2.75) is 33.0 Å². The summed E-state index contributed by atoms with van der Waals surface area (Å²) in [6, 6.07) is 13.6. The zero-order valence-electron chi connectivity index (χ0n) is 15.7. The largest absolute Gasteiger partial charge is 0.383 e. The van der Waals surface area contributed by atoms with Crippen LogP contribution in [0.1, 0.15) is 25.0 Å². The third-order valence-corrected chi connectivity index (χ3v) is 3.84. The predicted molar refractivity (Wildman–Crippen MR) is 106 cm³/mol. The van der Waals surface area contributed by atoms with Gasteiger partial charge in [0.05, 0.1) is 19.7 Å². The van der Waals surface area contributed by atoms with Gasteiger partial charge in [0.1, 0.15) is 0 Å². The lowest BCUT2D eigenvalue weighted by Gasteiger charge is -2.17. The Bertz CT molecular complexity index is 753. The van der Waals surface area contributed by atoms with Crippen LogP contribution in [0.15, 0.2) is 58.4 Å². The molecule has 1 aromatic heterocycles. The van der Waals surface area contributed by atoms with Gasteiger partial charge in [-0.25, -0.2) is 4.99 Å². The van der Waals surface area contributed by atoms with E-state index in [0.717, 1.165) is 23.6 Å². The summed E-state index contributed by atoms with van der Waals surface area (Å²) in [4.78, 5) is 16.4. The Morgan fingerprint density at radius 2 is 1.92 bits per heavy atom. The lowest BCUT2D eigenvalue weighted by molar-refractivity contribution is 0.179. The molecule has 6 nitrogen and oxygen atoms in total. The fourth-order valence-electron chi connectivity index (χ4n) is 2.55. The van der Waals surface area contributed by atoms with Crippen LogP contribution in [-0.4, -0.2) is 36.8 Å². The van der Waals surface area contributed by atoms with Crippen molar-refractivity contribution in [2.24, 2.45) is 4.99 Å². The highest BCUT2D eigenvalue weighted by Gasteiger charge is 2.04. The number of benzene rings is 1. The second kappa shape index (κ2) is 10.4. The van der Waals surface area contributed by atoms with Crippen molar-refractivity contribution in [2.75, 3.05) is 20.3 Å². The molecule has 0 radical (unpaired) electrons. The average molecular weight is 356 g/mol. The van der Waals surface area contributed by atoms with Gasteiger partial charge in [0.25, 0.3) is 5.56 Å². The van der Waals surface area contributed by atoms with Gasteiger partial charge < -0.3 is 19.9 Å². The van der Waals surface area contributed by atoms with E-state index in [0.29, 0.717) is 19.7 Å². The molecule has 0 aliphatic carbocycles. The van der Waals surface area contributed by atoms with Crippen molar-refractivity contribution in [1.82, 2.24) is 15.2 Å². The van der Waals surface area contributed by atoms with Crippen molar-refractivity contribution in [3.05, 3.63) is 70.1 Å². The number of nitrogens with one attached hydrogen (secondary N) is 2. The molecule has 26 heavy (non-hydrogen) atoms. The van der Waals surface area contributed by atoms with Gasteiger partial charge in [-0.2, -0.15) is 0 Å². The first kappa shape index (κ1) is 19.7. The highest BCUT2D eigenvalue weighted by atomic mass is 16.5. The molecule has 0 amide bonds. The summed E-state index contributed by atoms with van der Waals surface area (Å²) in [5, 5.41) is 6.55. The third-order valence-electron chi connectivity index (χ3n) is 3.84. The number of rotatable bonds is 8. The van der Waals surface area contributed by atoms with E-state index in [4.69, 9.17) is 4.74 Å². The van der Waals surface area contributed by atoms with Gasteiger partial charge in [-0.3, -0.25) is 4.79 Å². The molecule has 0 fully saturated rings. The Hall–Kier alpha value is -2.60.